The number of hydrogen-bond acceptors (Lipinski definition) is 2. The van der Waals surface area contributed by atoms with Crippen molar-refractivity contribution in [2.45, 2.75) is 63.7 Å². The van der Waals surface area contributed by atoms with Gasteiger partial charge in [-0.15, -0.1) is 0 Å². The van der Waals surface area contributed by atoms with Gasteiger partial charge in [-0.2, -0.15) is 0 Å². The van der Waals surface area contributed by atoms with Crippen molar-refractivity contribution in [3.05, 3.63) is 22.2 Å². The summed E-state index contributed by atoms with van der Waals surface area (Å²) in [6.45, 7) is 2.31. The Morgan fingerprint density at radius 3 is 2.83 bits per heavy atom. The topological polar surface area (TPSA) is 28.7 Å². The van der Waals surface area contributed by atoms with E-state index in [4.69, 9.17) is 12.2 Å². The van der Waals surface area contributed by atoms with Gasteiger partial charge in [0, 0.05) is 11.6 Å². The molecule has 1 N–H and O–H groups in total. The summed E-state index contributed by atoms with van der Waals surface area (Å²) >= 11 is 5.33. The van der Waals surface area contributed by atoms with Crippen LogP contribution in [0.1, 0.15) is 75.2 Å². The maximum atomic E-state index is 5.33. The third-order valence-electron chi connectivity index (χ3n) is 4.55. The average molecular weight is 262 g/mol. The average Bonchev–Trinajstić information content (AvgIpc) is 3.22. The van der Waals surface area contributed by atoms with E-state index in [1.807, 2.05) is 0 Å². The Morgan fingerprint density at radius 2 is 2.11 bits per heavy atom. The van der Waals surface area contributed by atoms with Gasteiger partial charge in [-0.25, -0.2) is 4.98 Å². The summed E-state index contributed by atoms with van der Waals surface area (Å²) in [7, 11) is 0. The maximum absolute atomic E-state index is 5.33. The molecule has 1 heterocycles. The Morgan fingerprint density at radius 1 is 1.28 bits per heavy atom. The number of nitrogens with one attached hydrogen (secondary N) is 1. The Balaban J connectivity index is 1.84. The molecule has 3 rings (SSSR count). The van der Waals surface area contributed by atoms with Gasteiger partial charge in [-0.3, -0.25) is 0 Å². The first kappa shape index (κ1) is 12.3. The fourth-order valence-corrected chi connectivity index (χ4v) is 3.44. The third kappa shape index (κ3) is 2.66. The molecule has 98 valence electrons. The molecule has 1 aromatic rings. The molecule has 18 heavy (non-hydrogen) atoms. The third-order valence-corrected chi connectivity index (χ3v) is 4.76. The van der Waals surface area contributed by atoms with E-state index in [9.17, 15) is 0 Å². The highest BCUT2D eigenvalue weighted by atomic mass is 32.1. The summed E-state index contributed by atoms with van der Waals surface area (Å²) < 4.78 is 0.782. The lowest BCUT2D eigenvalue weighted by Gasteiger charge is -2.28. The summed E-state index contributed by atoms with van der Waals surface area (Å²) in [5.74, 6) is 3.41. The standard InChI is InChI=1S/C15H22N2S/c1-2-10-4-3-5-12(8-10)15-16-13(11-6-7-11)9-14(18)17-15/h9-12H,2-8H2,1H3,(H,16,17,18). The highest BCUT2D eigenvalue weighted by molar-refractivity contribution is 7.71. The summed E-state index contributed by atoms with van der Waals surface area (Å²) in [6, 6.07) is 2.07. The molecule has 0 bridgehead atoms. The zero-order chi connectivity index (χ0) is 12.5. The zero-order valence-electron chi connectivity index (χ0n) is 11.1. The molecule has 2 atom stereocenters. The van der Waals surface area contributed by atoms with Crippen molar-refractivity contribution in [3.8, 4) is 0 Å². The van der Waals surface area contributed by atoms with Crippen LogP contribution in [-0.2, 0) is 0 Å². The van der Waals surface area contributed by atoms with Gasteiger partial charge < -0.3 is 4.98 Å². The monoisotopic (exact) mass is 262 g/mol. The first-order chi connectivity index (χ1) is 8.76. The van der Waals surface area contributed by atoms with Crippen molar-refractivity contribution in [2.24, 2.45) is 5.92 Å². The van der Waals surface area contributed by atoms with Crippen LogP contribution >= 0.6 is 12.2 Å². The number of aromatic amines is 1. The van der Waals surface area contributed by atoms with E-state index < -0.39 is 0 Å². The molecule has 2 aliphatic carbocycles. The molecule has 2 saturated carbocycles. The summed E-state index contributed by atoms with van der Waals surface area (Å²) in [5, 5.41) is 0. The fourth-order valence-electron chi connectivity index (χ4n) is 3.21. The largest absolute Gasteiger partial charge is 0.347 e. The second-order valence-corrected chi connectivity index (χ2v) is 6.39. The lowest BCUT2D eigenvalue weighted by Crippen LogP contribution is -2.16. The molecule has 0 saturated heterocycles. The summed E-state index contributed by atoms with van der Waals surface area (Å²) in [6.07, 6.45) is 9.26. The van der Waals surface area contributed by atoms with Crippen molar-refractivity contribution in [1.82, 2.24) is 9.97 Å². The molecule has 3 heteroatoms. The van der Waals surface area contributed by atoms with Crippen LogP contribution in [0.25, 0.3) is 0 Å². The second kappa shape index (κ2) is 5.12. The lowest BCUT2D eigenvalue weighted by molar-refractivity contribution is 0.306. The smallest absolute Gasteiger partial charge is 0.130 e. The van der Waals surface area contributed by atoms with Gasteiger partial charge >= 0.3 is 0 Å². The second-order valence-electron chi connectivity index (χ2n) is 5.97. The minimum Gasteiger partial charge on any atom is -0.347 e. The highest BCUT2D eigenvalue weighted by Gasteiger charge is 2.27. The molecule has 1 aromatic heterocycles. The van der Waals surface area contributed by atoms with Crippen molar-refractivity contribution in [3.63, 3.8) is 0 Å². The van der Waals surface area contributed by atoms with E-state index in [2.05, 4.69) is 23.0 Å². The molecule has 2 aliphatic rings. The van der Waals surface area contributed by atoms with E-state index in [0.717, 1.165) is 16.5 Å². The van der Waals surface area contributed by atoms with E-state index in [0.29, 0.717) is 5.92 Å². The molecular weight excluding hydrogens is 240 g/mol. The quantitative estimate of drug-likeness (QED) is 0.800. The van der Waals surface area contributed by atoms with Crippen molar-refractivity contribution in [1.29, 1.82) is 0 Å². The van der Waals surface area contributed by atoms with E-state index >= 15 is 0 Å². The van der Waals surface area contributed by atoms with E-state index in [1.165, 1.54) is 56.5 Å². The molecule has 0 aromatic carbocycles. The van der Waals surface area contributed by atoms with Gasteiger partial charge in [0.2, 0.25) is 0 Å². The summed E-state index contributed by atoms with van der Waals surface area (Å²) in [4.78, 5) is 8.18. The van der Waals surface area contributed by atoms with Crippen LogP contribution in [0.5, 0.6) is 0 Å². The molecule has 0 amide bonds. The number of H-pyrrole nitrogens is 1. The van der Waals surface area contributed by atoms with Gasteiger partial charge in [0.25, 0.3) is 0 Å². The van der Waals surface area contributed by atoms with Gasteiger partial charge in [-0.1, -0.05) is 38.4 Å². The molecular formula is C15H22N2S. The van der Waals surface area contributed by atoms with Crippen LogP contribution in [0.3, 0.4) is 0 Å². The van der Waals surface area contributed by atoms with Gasteiger partial charge in [0.05, 0.1) is 0 Å². The van der Waals surface area contributed by atoms with Crippen molar-refractivity contribution >= 4 is 12.2 Å². The molecule has 2 unspecified atom stereocenters. The minimum atomic E-state index is 0.615. The highest BCUT2D eigenvalue weighted by Crippen LogP contribution is 2.40. The van der Waals surface area contributed by atoms with Gasteiger partial charge in [-0.05, 0) is 43.6 Å². The molecule has 2 nitrogen and oxygen atoms in total. The molecule has 2 fully saturated rings. The van der Waals surface area contributed by atoms with Crippen LogP contribution in [0.4, 0.5) is 0 Å². The Hall–Kier alpha value is -0.700. The van der Waals surface area contributed by atoms with Crippen molar-refractivity contribution in [2.75, 3.05) is 0 Å². The minimum absolute atomic E-state index is 0.615. The predicted octanol–water partition coefficient (Wildman–Crippen LogP) is 4.70. The number of nitrogens with zero attached hydrogens (tertiary/aromatic N) is 1. The number of rotatable bonds is 3. The van der Waals surface area contributed by atoms with Crippen LogP contribution < -0.4 is 0 Å². The summed E-state index contributed by atoms with van der Waals surface area (Å²) in [5.41, 5.74) is 1.34. The molecule has 0 aliphatic heterocycles. The zero-order valence-corrected chi connectivity index (χ0v) is 11.9. The molecule has 0 spiro atoms. The fraction of sp³-hybridized carbons (Fsp3) is 0.733. The van der Waals surface area contributed by atoms with Gasteiger partial charge in [0.15, 0.2) is 0 Å². The normalized spacial score (nSPS) is 28.3. The first-order valence-electron chi connectivity index (χ1n) is 7.37. The number of aromatic nitrogens is 2. The van der Waals surface area contributed by atoms with Crippen LogP contribution in [0.2, 0.25) is 0 Å². The Bertz CT molecular complexity index is 476. The SMILES string of the molecule is CCC1CCCC(c2nc(=S)cc(C3CC3)[nH]2)C1. The maximum Gasteiger partial charge on any atom is 0.130 e. The van der Waals surface area contributed by atoms with Crippen LogP contribution in [0.15, 0.2) is 6.07 Å². The van der Waals surface area contributed by atoms with Crippen LogP contribution in [-0.4, -0.2) is 9.97 Å². The Labute approximate surface area is 114 Å². The van der Waals surface area contributed by atoms with E-state index in [-0.39, 0.29) is 0 Å². The van der Waals surface area contributed by atoms with Crippen molar-refractivity contribution < 1.29 is 0 Å². The van der Waals surface area contributed by atoms with Gasteiger partial charge in [0.1, 0.15) is 10.5 Å². The first-order valence-corrected chi connectivity index (χ1v) is 7.78. The lowest BCUT2D eigenvalue weighted by atomic mass is 9.80. The number of hydrogen-bond donors (Lipinski definition) is 1. The van der Waals surface area contributed by atoms with Crippen LogP contribution in [0, 0.1) is 10.6 Å². The Kier molecular flexibility index (Phi) is 3.51. The predicted molar refractivity (Wildman–Crippen MR) is 76.4 cm³/mol. The van der Waals surface area contributed by atoms with E-state index in [1.54, 1.807) is 0 Å². The molecule has 0 radical (unpaired) electrons.